The van der Waals surface area contributed by atoms with Gasteiger partial charge in [0.05, 0.1) is 16.3 Å². The number of anilines is 1. The lowest BCUT2D eigenvalue weighted by Gasteiger charge is -2.10. The molecule has 3 rings (SSSR count). The third kappa shape index (κ3) is 2.87. The molecule has 5 nitrogen and oxygen atoms in total. The van der Waals surface area contributed by atoms with E-state index < -0.39 is 5.97 Å². The molecule has 2 N–H and O–H groups in total. The molecule has 2 aromatic rings. The Bertz CT molecular complexity index is 702. The van der Waals surface area contributed by atoms with E-state index in [0.717, 1.165) is 11.3 Å². The summed E-state index contributed by atoms with van der Waals surface area (Å²) < 4.78 is 10.6. The van der Waals surface area contributed by atoms with Crippen molar-refractivity contribution in [3.8, 4) is 11.5 Å². The molecular weight excluding hydrogens is 294 g/mol. The molecule has 1 aliphatic rings. The molecular formula is C15H12ClNO4. The molecule has 6 heteroatoms. The quantitative estimate of drug-likeness (QED) is 0.906. The van der Waals surface area contributed by atoms with Gasteiger partial charge in [0.15, 0.2) is 11.5 Å². The smallest absolute Gasteiger partial charge is 0.335 e. The van der Waals surface area contributed by atoms with E-state index in [-0.39, 0.29) is 12.4 Å². The predicted octanol–water partition coefficient (Wildman–Crippen LogP) is 3.38. The Morgan fingerprint density at radius 1 is 1.19 bits per heavy atom. The van der Waals surface area contributed by atoms with Crippen molar-refractivity contribution in [3.05, 3.63) is 52.5 Å². The van der Waals surface area contributed by atoms with Gasteiger partial charge in [0.1, 0.15) is 0 Å². The molecule has 0 unspecified atom stereocenters. The second-order valence-corrected chi connectivity index (χ2v) is 4.95. The number of halogens is 1. The number of hydrogen-bond donors (Lipinski definition) is 2. The van der Waals surface area contributed by atoms with Crippen LogP contribution >= 0.6 is 11.6 Å². The highest BCUT2D eigenvalue weighted by atomic mass is 35.5. The van der Waals surface area contributed by atoms with Gasteiger partial charge >= 0.3 is 5.97 Å². The maximum absolute atomic E-state index is 11.0. The minimum absolute atomic E-state index is 0.188. The van der Waals surface area contributed by atoms with Crippen LogP contribution in [0.2, 0.25) is 5.02 Å². The molecule has 0 bridgehead atoms. The van der Waals surface area contributed by atoms with E-state index >= 15 is 0 Å². The summed E-state index contributed by atoms with van der Waals surface area (Å²) in [5.41, 5.74) is 1.75. The van der Waals surface area contributed by atoms with Crippen molar-refractivity contribution < 1.29 is 19.4 Å². The Labute approximate surface area is 126 Å². The summed E-state index contributed by atoms with van der Waals surface area (Å²) in [5.74, 6) is 0.446. The fourth-order valence-electron chi connectivity index (χ4n) is 2.04. The summed E-state index contributed by atoms with van der Waals surface area (Å²) in [6.45, 7) is 0.734. The highest BCUT2D eigenvalue weighted by Crippen LogP contribution is 2.33. The van der Waals surface area contributed by atoms with Crippen LogP contribution in [0.15, 0.2) is 36.4 Å². The van der Waals surface area contributed by atoms with E-state index in [1.165, 1.54) is 12.1 Å². The van der Waals surface area contributed by atoms with Crippen molar-refractivity contribution in [2.75, 3.05) is 12.1 Å². The van der Waals surface area contributed by atoms with E-state index in [1.54, 1.807) is 6.07 Å². The predicted molar refractivity (Wildman–Crippen MR) is 78.3 cm³/mol. The minimum atomic E-state index is -0.988. The molecule has 0 atom stereocenters. The van der Waals surface area contributed by atoms with Crippen molar-refractivity contribution in [3.63, 3.8) is 0 Å². The molecule has 0 amide bonds. The van der Waals surface area contributed by atoms with Gasteiger partial charge in [-0.25, -0.2) is 4.79 Å². The number of benzene rings is 2. The zero-order chi connectivity index (χ0) is 14.8. The Hall–Kier alpha value is -2.40. The first-order chi connectivity index (χ1) is 10.1. The van der Waals surface area contributed by atoms with Gasteiger partial charge < -0.3 is 19.9 Å². The van der Waals surface area contributed by atoms with Gasteiger partial charge in [0, 0.05) is 6.54 Å². The van der Waals surface area contributed by atoms with E-state index in [4.69, 9.17) is 26.2 Å². The molecule has 0 saturated heterocycles. The number of carboxylic acids is 1. The SMILES string of the molecule is O=C(O)c1ccc(Cl)c(NCc2ccc3c(c2)OCO3)c1. The van der Waals surface area contributed by atoms with Crippen molar-refractivity contribution in [1.29, 1.82) is 0 Å². The highest BCUT2D eigenvalue weighted by Gasteiger charge is 2.13. The van der Waals surface area contributed by atoms with Crippen LogP contribution in [0.25, 0.3) is 0 Å². The highest BCUT2D eigenvalue weighted by molar-refractivity contribution is 6.33. The van der Waals surface area contributed by atoms with Gasteiger partial charge in [0.2, 0.25) is 6.79 Å². The lowest BCUT2D eigenvalue weighted by molar-refractivity contribution is 0.0697. The van der Waals surface area contributed by atoms with Crippen molar-refractivity contribution in [1.82, 2.24) is 0 Å². The van der Waals surface area contributed by atoms with Crippen LogP contribution in [0.3, 0.4) is 0 Å². The standard InChI is InChI=1S/C15H12ClNO4/c16-11-3-2-10(15(18)19)6-12(11)17-7-9-1-4-13-14(5-9)21-8-20-13/h1-6,17H,7-8H2,(H,18,19). The summed E-state index contributed by atoms with van der Waals surface area (Å²) in [4.78, 5) is 11.0. The molecule has 0 fully saturated rings. The molecule has 1 heterocycles. The Morgan fingerprint density at radius 3 is 2.81 bits per heavy atom. The van der Waals surface area contributed by atoms with Crippen LogP contribution in [0.5, 0.6) is 11.5 Å². The Kier molecular flexibility index (Phi) is 3.58. The number of carbonyl (C=O) groups is 1. The average Bonchev–Trinajstić information content (AvgIpc) is 2.93. The van der Waals surface area contributed by atoms with Crippen molar-refractivity contribution in [2.45, 2.75) is 6.54 Å². The van der Waals surface area contributed by atoms with Crippen LogP contribution in [0, 0.1) is 0 Å². The van der Waals surface area contributed by atoms with Crippen LogP contribution in [0.1, 0.15) is 15.9 Å². The van der Waals surface area contributed by atoms with E-state index in [2.05, 4.69) is 5.32 Å². The average molecular weight is 306 g/mol. The first-order valence-corrected chi connectivity index (χ1v) is 6.66. The van der Waals surface area contributed by atoms with Gasteiger partial charge in [-0.2, -0.15) is 0 Å². The normalized spacial score (nSPS) is 12.2. The third-order valence-corrected chi connectivity index (χ3v) is 3.46. The first-order valence-electron chi connectivity index (χ1n) is 6.29. The fraction of sp³-hybridized carbons (Fsp3) is 0.133. The summed E-state index contributed by atoms with van der Waals surface area (Å²) in [5, 5.41) is 12.6. The molecule has 0 aliphatic carbocycles. The molecule has 0 radical (unpaired) electrons. The van der Waals surface area contributed by atoms with Crippen LogP contribution < -0.4 is 14.8 Å². The minimum Gasteiger partial charge on any atom is -0.478 e. The largest absolute Gasteiger partial charge is 0.478 e. The van der Waals surface area contributed by atoms with Gasteiger partial charge in [-0.3, -0.25) is 0 Å². The maximum atomic E-state index is 11.0. The Morgan fingerprint density at radius 2 is 2.00 bits per heavy atom. The Balaban J connectivity index is 1.75. The molecule has 2 aromatic carbocycles. The second kappa shape index (κ2) is 5.54. The lowest BCUT2D eigenvalue weighted by Crippen LogP contribution is -2.02. The summed E-state index contributed by atoms with van der Waals surface area (Å²) in [7, 11) is 0. The summed E-state index contributed by atoms with van der Waals surface area (Å²) in [6.07, 6.45) is 0. The number of carboxylic acid groups (broad SMARTS) is 1. The fourth-order valence-corrected chi connectivity index (χ4v) is 2.23. The van der Waals surface area contributed by atoms with Crippen molar-refractivity contribution in [2.24, 2.45) is 0 Å². The monoisotopic (exact) mass is 305 g/mol. The van der Waals surface area contributed by atoms with Gasteiger partial charge in [-0.05, 0) is 35.9 Å². The first kappa shape index (κ1) is 13.6. The van der Waals surface area contributed by atoms with E-state index in [0.29, 0.717) is 23.0 Å². The number of aromatic carboxylic acids is 1. The topological polar surface area (TPSA) is 67.8 Å². The number of rotatable bonds is 4. The molecule has 0 aromatic heterocycles. The summed E-state index contributed by atoms with van der Waals surface area (Å²) in [6, 6.07) is 10.2. The zero-order valence-electron chi connectivity index (χ0n) is 10.9. The van der Waals surface area contributed by atoms with Crippen LogP contribution in [0.4, 0.5) is 5.69 Å². The molecule has 21 heavy (non-hydrogen) atoms. The van der Waals surface area contributed by atoms with E-state index in [9.17, 15) is 4.79 Å². The maximum Gasteiger partial charge on any atom is 0.335 e. The number of hydrogen-bond acceptors (Lipinski definition) is 4. The lowest BCUT2D eigenvalue weighted by atomic mass is 10.1. The van der Waals surface area contributed by atoms with Crippen molar-refractivity contribution >= 4 is 23.3 Å². The van der Waals surface area contributed by atoms with E-state index in [1.807, 2.05) is 18.2 Å². The van der Waals surface area contributed by atoms with Gasteiger partial charge in [0.25, 0.3) is 0 Å². The third-order valence-electron chi connectivity index (χ3n) is 3.13. The molecule has 0 spiro atoms. The number of ether oxygens (including phenoxy) is 2. The van der Waals surface area contributed by atoms with Gasteiger partial charge in [-0.1, -0.05) is 17.7 Å². The van der Waals surface area contributed by atoms with Crippen LogP contribution in [-0.2, 0) is 6.54 Å². The summed E-state index contributed by atoms with van der Waals surface area (Å²) >= 11 is 6.06. The zero-order valence-corrected chi connectivity index (χ0v) is 11.7. The molecule has 1 aliphatic heterocycles. The number of nitrogens with one attached hydrogen (secondary N) is 1. The molecule has 0 saturated carbocycles. The molecule has 108 valence electrons. The van der Waals surface area contributed by atoms with Crippen LogP contribution in [-0.4, -0.2) is 17.9 Å². The van der Waals surface area contributed by atoms with Gasteiger partial charge in [-0.15, -0.1) is 0 Å². The number of fused-ring (bicyclic) bond motifs is 1. The second-order valence-electron chi connectivity index (χ2n) is 4.54.